The van der Waals surface area contributed by atoms with Crippen molar-refractivity contribution in [3.05, 3.63) is 33.3 Å². The second-order valence-electron chi connectivity index (χ2n) is 3.57. The van der Waals surface area contributed by atoms with Gasteiger partial charge in [0.1, 0.15) is 13.2 Å². The smallest absolute Gasteiger partial charge is 0.330 e. The molecule has 0 heterocycles. The molecule has 0 amide bonds. The topological polar surface area (TPSA) is 26.3 Å². The maximum absolute atomic E-state index is 12.5. The van der Waals surface area contributed by atoms with E-state index in [4.69, 9.17) is 11.6 Å². The Morgan fingerprint density at radius 2 is 2.05 bits per heavy atom. The van der Waals surface area contributed by atoms with Gasteiger partial charge in [-0.15, -0.1) is 0 Å². The summed E-state index contributed by atoms with van der Waals surface area (Å²) >= 11 is 8.84. The zero-order valence-corrected chi connectivity index (χ0v) is 11.6. The lowest BCUT2D eigenvalue weighted by molar-refractivity contribution is -0.163. The highest BCUT2D eigenvalue weighted by atomic mass is 79.9. The van der Waals surface area contributed by atoms with E-state index in [-0.39, 0.29) is 10.6 Å². The van der Waals surface area contributed by atoms with Crippen LogP contribution in [0.3, 0.4) is 0 Å². The summed E-state index contributed by atoms with van der Waals surface area (Å²) in [6.07, 6.45) is -3.84. The van der Waals surface area contributed by atoms with Gasteiger partial charge in [-0.05, 0) is 28.1 Å². The molecule has 0 N–H and O–H groups in total. The predicted molar refractivity (Wildman–Crippen MR) is 65.3 cm³/mol. The molecule has 8 heteroatoms. The molecule has 0 saturated carbocycles. The first kappa shape index (κ1) is 16.4. The van der Waals surface area contributed by atoms with E-state index in [0.29, 0.717) is 4.47 Å². The monoisotopic (exact) mass is 362 g/mol. The highest BCUT2D eigenvalue weighted by molar-refractivity contribution is 9.10. The van der Waals surface area contributed by atoms with Crippen molar-refractivity contribution >= 4 is 33.3 Å². The normalized spacial score (nSPS) is 11.9. The Morgan fingerprint density at radius 3 is 2.58 bits per heavy atom. The summed E-state index contributed by atoms with van der Waals surface area (Å²) < 4.78 is 53.5. The lowest BCUT2D eigenvalue weighted by Crippen LogP contribution is -2.33. The Kier molecular flexibility index (Phi) is 5.76. The Balaban J connectivity index is 2.62. The quantitative estimate of drug-likeness (QED) is 0.559. The van der Waals surface area contributed by atoms with Crippen molar-refractivity contribution in [3.63, 3.8) is 0 Å². The summed E-state index contributed by atoms with van der Waals surface area (Å²) in [6, 6.07) is 4.55. The number of carbonyl (C=O) groups excluding carboxylic acids is 1. The number of Topliss-reactive ketones (excluding diaryl/α,β-unsaturated/α-hetero) is 1. The van der Waals surface area contributed by atoms with Gasteiger partial charge >= 0.3 is 12.3 Å². The zero-order chi connectivity index (χ0) is 14.6. The molecule has 0 saturated heterocycles. The maximum Gasteiger partial charge on any atom is 0.330 e. The predicted octanol–water partition coefficient (Wildman–Crippen LogP) is 4.20. The van der Waals surface area contributed by atoms with Crippen molar-refractivity contribution in [2.75, 3.05) is 13.2 Å². The molecule has 0 unspecified atom stereocenters. The third-order valence-corrected chi connectivity index (χ3v) is 3.06. The summed E-state index contributed by atoms with van der Waals surface area (Å²) in [4.78, 5) is 11.7. The molecular formula is C11H8BrClF4O2. The number of ketones is 1. The van der Waals surface area contributed by atoms with E-state index in [0.717, 1.165) is 0 Å². The summed E-state index contributed by atoms with van der Waals surface area (Å²) in [7, 11) is 0. The molecule has 0 radical (unpaired) electrons. The number of hydrogen-bond acceptors (Lipinski definition) is 2. The van der Waals surface area contributed by atoms with Gasteiger partial charge in [0.2, 0.25) is 0 Å². The number of benzene rings is 1. The van der Waals surface area contributed by atoms with E-state index in [1.54, 1.807) is 6.07 Å². The third kappa shape index (κ3) is 4.43. The van der Waals surface area contributed by atoms with Crippen LogP contribution in [0.2, 0.25) is 5.02 Å². The SMILES string of the molecule is O=C(COCC(F)(F)C(F)F)c1c(Cl)cccc1Br. The van der Waals surface area contributed by atoms with E-state index in [1.165, 1.54) is 12.1 Å². The molecule has 106 valence electrons. The highest BCUT2D eigenvalue weighted by Gasteiger charge is 2.41. The second kappa shape index (κ2) is 6.67. The van der Waals surface area contributed by atoms with E-state index in [2.05, 4.69) is 20.7 Å². The molecule has 0 aliphatic carbocycles. The minimum atomic E-state index is -4.28. The van der Waals surface area contributed by atoms with Crippen LogP contribution in [-0.4, -0.2) is 31.3 Å². The largest absolute Gasteiger partial charge is 0.367 e. The molecule has 19 heavy (non-hydrogen) atoms. The van der Waals surface area contributed by atoms with Crippen molar-refractivity contribution in [2.24, 2.45) is 0 Å². The Bertz CT molecular complexity index is 448. The number of halogens is 6. The van der Waals surface area contributed by atoms with Gasteiger partial charge in [0.15, 0.2) is 5.78 Å². The van der Waals surface area contributed by atoms with Crippen LogP contribution >= 0.6 is 27.5 Å². The van der Waals surface area contributed by atoms with Crippen molar-refractivity contribution in [1.82, 2.24) is 0 Å². The van der Waals surface area contributed by atoms with Crippen LogP contribution in [0.5, 0.6) is 0 Å². The molecule has 0 aromatic heterocycles. The minimum absolute atomic E-state index is 0.0597. The first-order valence-electron chi connectivity index (χ1n) is 4.96. The van der Waals surface area contributed by atoms with E-state index >= 15 is 0 Å². The third-order valence-electron chi connectivity index (χ3n) is 2.09. The number of ether oxygens (including phenoxy) is 1. The Hall–Kier alpha value is -0.660. The molecule has 0 aliphatic rings. The molecule has 1 rings (SSSR count). The number of rotatable bonds is 6. The summed E-state index contributed by atoms with van der Waals surface area (Å²) in [5, 5.41) is 0.114. The zero-order valence-electron chi connectivity index (χ0n) is 9.31. The Labute approximate surface area is 119 Å². The first-order valence-corrected chi connectivity index (χ1v) is 6.13. The van der Waals surface area contributed by atoms with Crippen LogP contribution < -0.4 is 0 Å². The van der Waals surface area contributed by atoms with Gasteiger partial charge in [-0.3, -0.25) is 4.79 Å². The second-order valence-corrected chi connectivity index (χ2v) is 4.84. The van der Waals surface area contributed by atoms with E-state index < -0.39 is 31.3 Å². The average molecular weight is 364 g/mol. The maximum atomic E-state index is 12.5. The van der Waals surface area contributed by atoms with Crippen molar-refractivity contribution in [2.45, 2.75) is 12.3 Å². The molecule has 0 fully saturated rings. The van der Waals surface area contributed by atoms with Crippen LogP contribution in [-0.2, 0) is 4.74 Å². The molecule has 0 spiro atoms. The van der Waals surface area contributed by atoms with Crippen LogP contribution in [0.4, 0.5) is 17.6 Å². The number of alkyl halides is 4. The van der Waals surface area contributed by atoms with Crippen molar-refractivity contribution in [3.8, 4) is 0 Å². The fraction of sp³-hybridized carbons (Fsp3) is 0.364. The van der Waals surface area contributed by atoms with Gasteiger partial charge in [0, 0.05) is 4.47 Å². The molecular weight excluding hydrogens is 355 g/mol. The first-order chi connectivity index (χ1) is 8.75. The minimum Gasteiger partial charge on any atom is -0.367 e. The van der Waals surface area contributed by atoms with Gasteiger partial charge in [-0.2, -0.15) is 8.78 Å². The van der Waals surface area contributed by atoms with Crippen LogP contribution in [0, 0.1) is 0 Å². The average Bonchev–Trinajstić information content (AvgIpc) is 2.28. The van der Waals surface area contributed by atoms with Crippen LogP contribution in [0.15, 0.2) is 22.7 Å². The van der Waals surface area contributed by atoms with Crippen LogP contribution in [0.25, 0.3) is 0 Å². The van der Waals surface area contributed by atoms with Crippen LogP contribution in [0.1, 0.15) is 10.4 Å². The molecule has 1 aromatic rings. The fourth-order valence-corrected chi connectivity index (χ4v) is 2.16. The Morgan fingerprint density at radius 1 is 1.42 bits per heavy atom. The van der Waals surface area contributed by atoms with Gasteiger partial charge in [0.25, 0.3) is 0 Å². The van der Waals surface area contributed by atoms with Crippen molar-refractivity contribution < 1.29 is 27.1 Å². The lowest BCUT2D eigenvalue weighted by Gasteiger charge is -2.15. The summed E-state index contributed by atoms with van der Waals surface area (Å²) in [5.41, 5.74) is 0.0597. The molecule has 0 aliphatic heterocycles. The van der Waals surface area contributed by atoms with E-state index in [1.807, 2.05) is 0 Å². The van der Waals surface area contributed by atoms with Gasteiger partial charge < -0.3 is 4.74 Å². The van der Waals surface area contributed by atoms with Crippen molar-refractivity contribution in [1.29, 1.82) is 0 Å². The summed E-state index contributed by atoms with van der Waals surface area (Å²) in [5.74, 6) is -4.96. The number of carbonyl (C=O) groups is 1. The molecule has 0 atom stereocenters. The van der Waals surface area contributed by atoms with E-state index in [9.17, 15) is 22.4 Å². The number of hydrogen-bond donors (Lipinski definition) is 0. The van der Waals surface area contributed by atoms with Gasteiger partial charge in [-0.1, -0.05) is 17.7 Å². The standard InChI is InChI=1S/C11H8BrClF4O2/c12-6-2-1-3-7(13)9(6)8(18)4-19-5-11(16,17)10(14)15/h1-3,10H,4-5H2. The van der Waals surface area contributed by atoms with Gasteiger partial charge in [0.05, 0.1) is 10.6 Å². The molecule has 0 bridgehead atoms. The fourth-order valence-electron chi connectivity index (χ4n) is 1.18. The summed E-state index contributed by atoms with van der Waals surface area (Å²) in [6.45, 7) is -2.29. The van der Waals surface area contributed by atoms with Gasteiger partial charge in [-0.25, -0.2) is 8.78 Å². The highest BCUT2D eigenvalue weighted by Crippen LogP contribution is 2.26. The molecule has 1 aromatic carbocycles. The lowest BCUT2D eigenvalue weighted by atomic mass is 10.1. The molecule has 2 nitrogen and oxygen atoms in total.